The molecule has 0 aliphatic rings. The molecular formula is C22H33N4O+. The van der Waals surface area contributed by atoms with Gasteiger partial charge in [-0.1, -0.05) is 38.8 Å². The standard InChI is InChI=1S/C22H32N4O/c1-4-6-11-25(12-7-5-2)13-8-14-26-16-23-20-18-10-9-17(3)15-19(18)24-21(20)22(26)27/h9-10,15-16,24H,4-8,11-14H2,1-3H3/p+1. The third-order valence-electron chi connectivity index (χ3n) is 5.42. The summed E-state index contributed by atoms with van der Waals surface area (Å²) < 4.78 is 1.77. The second-order valence-electron chi connectivity index (χ2n) is 7.70. The van der Waals surface area contributed by atoms with E-state index in [1.165, 1.54) is 44.3 Å². The fourth-order valence-electron chi connectivity index (χ4n) is 3.80. The molecule has 5 nitrogen and oxygen atoms in total. The number of rotatable bonds is 10. The van der Waals surface area contributed by atoms with Crippen molar-refractivity contribution >= 4 is 21.9 Å². The van der Waals surface area contributed by atoms with E-state index in [4.69, 9.17) is 0 Å². The number of unbranched alkanes of at least 4 members (excludes halogenated alkanes) is 2. The minimum Gasteiger partial charge on any atom is -0.349 e. The van der Waals surface area contributed by atoms with Crippen LogP contribution in [0.3, 0.4) is 0 Å². The van der Waals surface area contributed by atoms with Gasteiger partial charge in [0.2, 0.25) is 0 Å². The van der Waals surface area contributed by atoms with E-state index in [1.807, 2.05) is 6.07 Å². The first kappa shape index (κ1) is 19.6. The first-order chi connectivity index (χ1) is 13.1. The van der Waals surface area contributed by atoms with Crippen molar-refractivity contribution in [2.45, 2.75) is 59.4 Å². The Kier molecular flexibility index (Phi) is 6.67. The predicted molar refractivity (Wildman–Crippen MR) is 113 cm³/mol. The SMILES string of the molecule is CCCC[NH+](CCCC)CCCn1cnc2c([nH]c3cc(C)ccc32)c1=O. The highest BCUT2D eigenvalue weighted by atomic mass is 16.1. The third-order valence-corrected chi connectivity index (χ3v) is 5.42. The molecule has 0 unspecified atom stereocenters. The van der Waals surface area contributed by atoms with Gasteiger partial charge in [-0.25, -0.2) is 4.98 Å². The van der Waals surface area contributed by atoms with E-state index >= 15 is 0 Å². The van der Waals surface area contributed by atoms with E-state index in [1.54, 1.807) is 15.8 Å². The Hall–Kier alpha value is -2.14. The van der Waals surface area contributed by atoms with Crippen LogP contribution >= 0.6 is 0 Å². The van der Waals surface area contributed by atoms with Crippen molar-refractivity contribution in [3.8, 4) is 0 Å². The lowest BCUT2D eigenvalue weighted by Gasteiger charge is -2.19. The lowest BCUT2D eigenvalue weighted by Crippen LogP contribution is -3.12. The molecule has 2 N–H and O–H groups in total. The number of quaternary nitrogens is 1. The number of fused-ring (bicyclic) bond motifs is 3. The van der Waals surface area contributed by atoms with Gasteiger partial charge in [-0.05, 0) is 31.4 Å². The molecule has 0 aliphatic heterocycles. The maximum Gasteiger partial charge on any atom is 0.277 e. The lowest BCUT2D eigenvalue weighted by molar-refractivity contribution is -0.900. The number of hydrogen-bond donors (Lipinski definition) is 2. The Bertz CT molecular complexity index is 933. The van der Waals surface area contributed by atoms with E-state index in [2.05, 4.69) is 42.9 Å². The molecular weight excluding hydrogens is 336 g/mol. The van der Waals surface area contributed by atoms with Gasteiger partial charge in [-0.2, -0.15) is 0 Å². The van der Waals surface area contributed by atoms with Crippen molar-refractivity contribution in [1.29, 1.82) is 0 Å². The molecule has 146 valence electrons. The molecule has 0 aliphatic carbocycles. The monoisotopic (exact) mass is 369 g/mol. The van der Waals surface area contributed by atoms with Gasteiger partial charge >= 0.3 is 0 Å². The average Bonchev–Trinajstić information content (AvgIpc) is 3.03. The quantitative estimate of drug-likeness (QED) is 0.577. The summed E-state index contributed by atoms with van der Waals surface area (Å²) in [6.07, 6.45) is 7.78. The number of nitrogens with one attached hydrogen (secondary N) is 2. The van der Waals surface area contributed by atoms with E-state index in [0.717, 1.165) is 35.9 Å². The first-order valence-electron chi connectivity index (χ1n) is 10.4. The summed E-state index contributed by atoms with van der Waals surface area (Å²) in [6.45, 7) is 10.9. The number of nitrogens with zero attached hydrogens (tertiary/aromatic N) is 2. The van der Waals surface area contributed by atoms with E-state index in [9.17, 15) is 4.79 Å². The fourth-order valence-corrected chi connectivity index (χ4v) is 3.80. The van der Waals surface area contributed by atoms with Gasteiger partial charge in [0.05, 0.1) is 26.0 Å². The zero-order valence-electron chi connectivity index (χ0n) is 17.0. The molecule has 0 radical (unpaired) electrons. The van der Waals surface area contributed by atoms with Crippen LogP contribution in [0.2, 0.25) is 0 Å². The summed E-state index contributed by atoms with van der Waals surface area (Å²) in [5, 5.41) is 1.02. The molecule has 0 saturated carbocycles. The zero-order valence-corrected chi connectivity index (χ0v) is 17.0. The maximum atomic E-state index is 12.9. The molecule has 3 aromatic rings. The number of H-pyrrole nitrogens is 1. The number of hydrogen-bond acceptors (Lipinski definition) is 2. The van der Waals surface area contributed by atoms with Gasteiger partial charge in [0.15, 0.2) is 0 Å². The Balaban J connectivity index is 1.72. The third kappa shape index (κ3) is 4.59. The van der Waals surface area contributed by atoms with Gasteiger partial charge in [0.25, 0.3) is 5.56 Å². The number of aryl methyl sites for hydroxylation is 2. The molecule has 0 fully saturated rings. The van der Waals surface area contributed by atoms with Crippen LogP contribution in [0.15, 0.2) is 29.3 Å². The molecule has 27 heavy (non-hydrogen) atoms. The van der Waals surface area contributed by atoms with Crippen LogP contribution in [0.1, 0.15) is 51.5 Å². The molecule has 3 rings (SSSR count). The van der Waals surface area contributed by atoms with Crippen molar-refractivity contribution < 1.29 is 4.90 Å². The van der Waals surface area contributed by atoms with Crippen LogP contribution in [-0.4, -0.2) is 34.2 Å². The Morgan fingerprint density at radius 2 is 1.78 bits per heavy atom. The van der Waals surface area contributed by atoms with Crippen molar-refractivity contribution in [3.05, 3.63) is 40.4 Å². The minimum atomic E-state index is 0.0394. The number of aromatic amines is 1. The minimum absolute atomic E-state index is 0.0394. The maximum absolute atomic E-state index is 12.9. The summed E-state index contributed by atoms with van der Waals surface area (Å²) in [5.74, 6) is 0. The molecule has 0 spiro atoms. The van der Waals surface area contributed by atoms with Crippen molar-refractivity contribution in [2.75, 3.05) is 19.6 Å². The number of aromatic nitrogens is 3. The molecule has 0 atom stereocenters. The topological polar surface area (TPSA) is 55.1 Å². The van der Waals surface area contributed by atoms with E-state index < -0.39 is 0 Å². The summed E-state index contributed by atoms with van der Waals surface area (Å²) in [5.41, 5.74) is 3.61. The lowest BCUT2D eigenvalue weighted by atomic mass is 10.2. The normalized spacial score (nSPS) is 11.9. The molecule has 5 heteroatoms. The van der Waals surface area contributed by atoms with E-state index in [0.29, 0.717) is 5.52 Å². The fraction of sp³-hybridized carbons (Fsp3) is 0.545. The van der Waals surface area contributed by atoms with Crippen molar-refractivity contribution in [3.63, 3.8) is 0 Å². The van der Waals surface area contributed by atoms with Crippen LogP contribution in [0, 0.1) is 6.92 Å². The highest BCUT2D eigenvalue weighted by Crippen LogP contribution is 2.22. The zero-order chi connectivity index (χ0) is 19.2. The largest absolute Gasteiger partial charge is 0.349 e. The second-order valence-corrected chi connectivity index (χ2v) is 7.70. The molecule has 2 heterocycles. The van der Waals surface area contributed by atoms with Gasteiger partial charge in [-0.15, -0.1) is 0 Å². The smallest absolute Gasteiger partial charge is 0.277 e. The summed E-state index contributed by atoms with van der Waals surface area (Å²) in [4.78, 5) is 22.4. The van der Waals surface area contributed by atoms with Gasteiger partial charge in [-0.3, -0.25) is 9.36 Å². The Morgan fingerprint density at radius 3 is 2.48 bits per heavy atom. The highest BCUT2D eigenvalue weighted by Gasteiger charge is 2.12. The number of benzene rings is 1. The molecule has 1 aromatic carbocycles. The second kappa shape index (κ2) is 9.18. The molecule has 0 saturated heterocycles. The van der Waals surface area contributed by atoms with Gasteiger partial charge < -0.3 is 9.88 Å². The van der Waals surface area contributed by atoms with E-state index in [-0.39, 0.29) is 5.56 Å². The van der Waals surface area contributed by atoms with Gasteiger partial charge in [0, 0.05) is 23.9 Å². The van der Waals surface area contributed by atoms with Crippen LogP contribution in [0.4, 0.5) is 0 Å². The average molecular weight is 370 g/mol. The summed E-state index contributed by atoms with van der Waals surface area (Å²) in [7, 11) is 0. The molecule has 2 aromatic heterocycles. The van der Waals surface area contributed by atoms with Crippen LogP contribution in [0.25, 0.3) is 21.9 Å². The highest BCUT2D eigenvalue weighted by molar-refractivity contribution is 6.04. The van der Waals surface area contributed by atoms with Gasteiger partial charge in [0.1, 0.15) is 11.0 Å². The molecule has 0 amide bonds. The molecule has 0 bridgehead atoms. The first-order valence-corrected chi connectivity index (χ1v) is 10.4. The Morgan fingerprint density at radius 1 is 1.07 bits per heavy atom. The van der Waals surface area contributed by atoms with Crippen LogP contribution in [0.5, 0.6) is 0 Å². The summed E-state index contributed by atoms with van der Waals surface area (Å²) >= 11 is 0. The summed E-state index contributed by atoms with van der Waals surface area (Å²) in [6, 6.07) is 6.18. The van der Waals surface area contributed by atoms with Crippen LogP contribution < -0.4 is 10.5 Å². The Labute approximate surface area is 161 Å². The van der Waals surface area contributed by atoms with Crippen molar-refractivity contribution in [2.24, 2.45) is 0 Å². The van der Waals surface area contributed by atoms with Crippen LogP contribution in [-0.2, 0) is 6.54 Å². The predicted octanol–water partition coefficient (Wildman–Crippen LogP) is 3.06. The van der Waals surface area contributed by atoms with Crippen molar-refractivity contribution in [1.82, 2.24) is 14.5 Å².